The maximum absolute atomic E-state index is 13.0. The third-order valence-electron chi connectivity index (χ3n) is 5.33. The van der Waals surface area contributed by atoms with Crippen LogP contribution in [0.25, 0.3) is 27.7 Å². The first-order valence-electron chi connectivity index (χ1n) is 9.65. The summed E-state index contributed by atoms with van der Waals surface area (Å²) in [6.45, 7) is 3.14. The number of halogens is 3. The predicted molar refractivity (Wildman–Crippen MR) is 107 cm³/mol. The number of hydrogen-bond donors (Lipinski definition) is 0. The van der Waals surface area contributed by atoms with Gasteiger partial charge in [0.1, 0.15) is 5.69 Å². The summed E-state index contributed by atoms with van der Waals surface area (Å²) >= 11 is 0. The van der Waals surface area contributed by atoms with E-state index >= 15 is 0 Å². The summed E-state index contributed by atoms with van der Waals surface area (Å²) in [6.07, 6.45) is 3.26. The highest BCUT2D eigenvalue weighted by Gasteiger charge is 2.32. The molecule has 0 bridgehead atoms. The lowest BCUT2D eigenvalue weighted by Crippen LogP contribution is -2.36. The van der Waals surface area contributed by atoms with Gasteiger partial charge in [0.05, 0.1) is 17.4 Å². The van der Waals surface area contributed by atoms with Gasteiger partial charge in [-0.25, -0.2) is 4.68 Å². The van der Waals surface area contributed by atoms with E-state index in [1.165, 1.54) is 22.7 Å². The molecule has 0 amide bonds. The van der Waals surface area contributed by atoms with Gasteiger partial charge in [0.2, 0.25) is 0 Å². The number of aromatic nitrogens is 4. The zero-order valence-electron chi connectivity index (χ0n) is 16.0. The van der Waals surface area contributed by atoms with Crippen molar-refractivity contribution in [3.63, 3.8) is 0 Å². The van der Waals surface area contributed by atoms with Crippen LogP contribution in [0.4, 0.5) is 13.2 Å². The monoisotopic (exact) mass is 409 g/mol. The van der Waals surface area contributed by atoms with E-state index in [1.54, 1.807) is 6.20 Å². The van der Waals surface area contributed by atoms with E-state index in [9.17, 15) is 13.2 Å². The van der Waals surface area contributed by atoms with Crippen LogP contribution in [0.2, 0.25) is 0 Å². The molecule has 5 nitrogen and oxygen atoms in total. The van der Waals surface area contributed by atoms with Crippen molar-refractivity contribution in [3.8, 4) is 16.8 Å². The van der Waals surface area contributed by atoms with Crippen molar-refractivity contribution < 1.29 is 13.2 Å². The van der Waals surface area contributed by atoms with Crippen LogP contribution in [-0.4, -0.2) is 37.7 Å². The van der Waals surface area contributed by atoms with Crippen LogP contribution in [0.15, 0.2) is 61.2 Å². The lowest BCUT2D eigenvalue weighted by atomic mass is 10.0. The van der Waals surface area contributed by atoms with Crippen LogP contribution in [0, 0.1) is 0 Å². The van der Waals surface area contributed by atoms with Crippen LogP contribution >= 0.6 is 0 Å². The molecule has 4 aromatic rings. The van der Waals surface area contributed by atoms with Crippen molar-refractivity contribution in [2.24, 2.45) is 0 Å². The Morgan fingerprint density at radius 2 is 1.80 bits per heavy atom. The average molecular weight is 409 g/mol. The number of alkyl halides is 3. The van der Waals surface area contributed by atoms with E-state index in [0.29, 0.717) is 5.69 Å². The number of benzene rings is 1. The van der Waals surface area contributed by atoms with Crippen LogP contribution < -0.4 is 0 Å². The smallest absolute Gasteiger partial charge is 0.299 e. The molecule has 4 heterocycles. The normalized spacial score (nSPS) is 14.8. The SMILES string of the molecule is FC(F)(F)c1cc(-n2ncc3cc(-c4cncc(CN5CCC5)c4)ccc32)ccn1. The summed E-state index contributed by atoms with van der Waals surface area (Å²) in [4.78, 5) is 10.2. The van der Waals surface area contributed by atoms with E-state index in [2.05, 4.69) is 26.0 Å². The van der Waals surface area contributed by atoms with Gasteiger partial charge in [-0.15, -0.1) is 0 Å². The topological polar surface area (TPSA) is 46.8 Å². The van der Waals surface area contributed by atoms with Gasteiger partial charge >= 0.3 is 6.18 Å². The van der Waals surface area contributed by atoms with Gasteiger partial charge in [-0.1, -0.05) is 6.07 Å². The molecule has 152 valence electrons. The predicted octanol–water partition coefficient (Wildman–Crippen LogP) is 4.71. The first-order chi connectivity index (χ1) is 14.5. The quantitative estimate of drug-likeness (QED) is 0.490. The molecule has 1 aliphatic rings. The van der Waals surface area contributed by atoms with E-state index in [1.807, 2.05) is 30.6 Å². The fourth-order valence-corrected chi connectivity index (χ4v) is 3.65. The van der Waals surface area contributed by atoms with Crippen molar-refractivity contribution in [2.75, 3.05) is 13.1 Å². The minimum absolute atomic E-state index is 0.318. The molecule has 3 aromatic heterocycles. The van der Waals surface area contributed by atoms with Crippen LogP contribution in [0.5, 0.6) is 0 Å². The Balaban J connectivity index is 1.48. The van der Waals surface area contributed by atoms with Crippen molar-refractivity contribution >= 4 is 10.9 Å². The molecule has 1 fully saturated rings. The van der Waals surface area contributed by atoms with E-state index < -0.39 is 11.9 Å². The van der Waals surface area contributed by atoms with Gasteiger partial charge in [-0.05, 0) is 61.0 Å². The highest BCUT2D eigenvalue weighted by atomic mass is 19.4. The van der Waals surface area contributed by atoms with Gasteiger partial charge in [-0.2, -0.15) is 18.3 Å². The van der Waals surface area contributed by atoms with E-state index in [-0.39, 0.29) is 0 Å². The molecule has 30 heavy (non-hydrogen) atoms. The Morgan fingerprint density at radius 1 is 0.933 bits per heavy atom. The zero-order chi connectivity index (χ0) is 20.7. The molecule has 1 saturated heterocycles. The molecular formula is C22H18F3N5. The minimum atomic E-state index is -4.50. The molecule has 0 unspecified atom stereocenters. The number of fused-ring (bicyclic) bond motifs is 1. The maximum Gasteiger partial charge on any atom is 0.433 e. The highest BCUT2D eigenvalue weighted by Crippen LogP contribution is 2.30. The fraction of sp³-hybridized carbons (Fsp3) is 0.227. The zero-order valence-corrected chi connectivity index (χ0v) is 16.0. The molecule has 1 aliphatic heterocycles. The Morgan fingerprint density at radius 3 is 2.57 bits per heavy atom. The number of nitrogens with zero attached hydrogens (tertiary/aromatic N) is 5. The van der Waals surface area contributed by atoms with Crippen molar-refractivity contribution in [1.29, 1.82) is 0 Å². The standard InChI is InChI=1S/C22H18F3N5/c23-22(24,25)21-10-19(4-5-27-21)30-20-3-2-16(9-18(20)13-28-30)17-8-15(11-26-12-17)14-29-6-1-7-29/h2-5,8-13H,1,6-7,14H2. The summed E-state index contributed by atoms with van der Waals surface area (Å²) < 4.78 is 40.5. The molecular weight excluding hydrogens is 391 g/mol. The second kappa shape index (κ2) is 7.21. The molecule has 0 saturated carbocycles. The van der Waals surface area contributed by atoms with Crippen LogP contribution in [0.3, 0.4) is 0 Å². The summed E-state index contributed by atoms with van der Waals surface area (Å²) in [5, 5.41) is 5.14. The molecule has 0 spiro atoms. The third kappa shape index (κ3) is 3.54. The molecule has 5 rings (SSSR count). The summed E-state index contributed by atoms with van der Waals surface area (Å²) in [6, 6.07) is 10.4. The number of rotatable bonds is 4. The molecule has 0 atom stereocenters. The van der Waals surface area contributed by atoms with Crippen molar-refractivity contribution in [1.82, 2.24) is 24.6 Å². The lowest BCUT2D eigenvalue weighted by molar-refractivity contribution is -0.141. The number of hydrogen-bond acceptors (Lipinski definition) is 4. The Bertz CT molecular complexity index is 1210. The first kappa shape index (κ1) is 18.7. The van der Waals surface area contributed by atoms with Gasteiger partial charge in [0.15, 0.2) is 0 Å². The van der Waals surface area contributed by atoms with Gasteiger partial charge in [0.25, 0.3) is 0 Å². The highest BCUT2D eigenvalue weighted by molar-refractivity contribution is 5.85. The van der Waals surface area contributed by atoms with Crippen LogP contribution in [-0.2, 0) is 12.7 Å². The first-order valence-corrected chi connectivity index (χ1v) is 9.65. The van der Waals surface area contributed by atoms with Crippen molar-refractivity contribution in [2.45, 2.75) is 19.1 Å². The lowest BCUT2D eigenvalue weighted by Gasteiger charge is -2.30. The molecule has 0 N–H and O–H groups in total. The average Bonchev–Trinajstić information content (AvgIpc) is 3.14. The van der Waals surface area contributed by atoms with Gasteiger partial charge < -0.3 is 0 Å². The third-order valence-corrected chi connectivity index (χ3v) is 5.33. The van der Waals surface area contributed by atoms with Gasteiger partial charge in [0, 0.05) is 36.1 Å². The van der Waals surface area contributed by atoms with E-state index in [4.69, 9.17) is 0 Å². The van der Waals surface area contributed by atoms with Crippen LogP contribution in [0.1, 0.15) is 17.7 Å². The molecule has 0 aliphatic carbocycles. The van der Waals surface area contributed by atoms with Gasteiger partial charge in [-0.3, -0.25) is 14.9 Å². The maximum atomic E-state index is 13.0. The fourth-order valence-electron chi connectivity index (χ4n) is 3.65. The second-order valence-electron chi connectivity index (χ2n) is 7.44. The summed E-state index contributed by atoms with van der Waals surface area (Å²) in [5.41, 5.74) is 3.27. The summed E-state index contributed by atoms with van der Waals surface area (Å²) in [5.74, 6) is 0. The Kier molecular flexibility index (Phi) is 4.51. The number of likely N-dealkylation sites (tertiary alicyclic amines) is 1. The molecule has 1 aromatic carbocycles. The Labute approximate surface area is 170 Å². The second-order valence-corrected chi connectivity index (χ2v) is 7.44. The Hall–Kier alpha value is -3.26. The minimum Gasteiger partial charge on any atom is -0.299 e. The van der Waals surface area contributed by atoms with Crippen molar-refractivity contribution in [3.05, 3.63) is 72.4 Å². The molecule has 8 heteroatoms. The molecule has 0 radical (unpaired) electrons. The summed E-state index contributed by atoms with van der Waals surface area (Å²) in [7, 11) is 0. The largest absolute Gasteiger partial charge is 0.433 e. The van der Waals surface area contributed by atoms with E-state index in [0.717, 1.165) is 53.9 Å². The number of pyridine rings is 2.